The Morgan fingerprint density at radius 2 is 1.63 bits per heavy atom. The second kappa shape index (κ2) is 11.5. The number of rotatable bonds is 10. The van der Waals surface area contributed by atoms with Gasteiger partial charge in [-0.2, -0.15) is 9.57 Å². The maximum absolute atomic E-state index is 13.0. The molecule has 0 aliphatic carbocycles. The molecule has 2 atom stereocenters. The summed E-state index contributed by atoms with van der Waals surface area (Å²) in [5.74, 6) is 0.401. The van der Waals surface area contributed by atoms with Crippen molar-refractivity contribution >= 4 is 10.0 Å². The summed E-state index contributed by atoms with van der Waals surface area (Å²) >= 11 is 0. The van der Waals surface area contributed by atoms with Crippen LogP contribution in [-0.2, 0) is 14.8 Å². The van der Waals surface area contributed by atoms with Gasteiger partial charge in [-0.05, 0) is 55.0 Å². The van der Waals surface area contributed by atoms with Gasteiger partial charge in [0.25, 0.3) is 0 Å². The van der Waals surface area contributed by atoms with Gasteiger partial charge in [0.1, 0.15) is 11.6 Å². The molecule has 2 bridgehead atoms. The lowest BCUT2D eigenvalue weighted by Crippen LogP contribution is -2.60. The Bertz CT molecular complexity index is 1110. The highest BCUT2D eigenvalue weighted by molar-refractivity contribution is 7.89. The summed E-state index contributed by atoms with van der Waals surface area (Å²) in [4.78, 5) is 4.86. The summed E-state index contributed by atoms with van der Waals surface area (Å²) in [7, 11) is -2.01. The number of likely N-dealkylation sites (N-methyl/N-ethyl adjacent to an activating group) is 1. The number of hydrogen-bond donors (Lipinski definition) is 0. The van der Waals surface area contributed by atoms with E-state index in [1.165, 1.54) is 40.7 Å². The number of ether oxygens (including phenoxy) is 2. The van der Waals surface area contributed by atoms with E-state index in [0.717, 1.165) is 39.1 Å². The van der Waals surface area contributed by atoms with Gasteiger partial charge in [0.05, 0.1) is 35.3 Å². The second-order valence-electron chi connectivity index (χ2n) is 9.02. The SMILES string of the molecule is CN(CCN1CC2CN(CCCOc3ccc(F)cc3)CC(C1)O2)S(=O)(=O)c1ccc(C#N)cc1. The number of nitrogens with zero attached hydrogens (tertiary/aromatic N) is 4. The third-order valence-electron chi connectivity index (χ3n) is 6.36. The first-order valence-corrected chi connectivity index (χ1v) is 13.2. The molecule has 2 fully saturated rings. The molecular weight excluding hydrogens is 471 g/mol. The number of nitriles is 1. The van der Waals surface area contributed by atoms with E-state index in [2.05, 4.69) is 9.80 Å². The molecule has 2 aromatic rings. The molecule has 0 spiro atoms. The smallest absolute Gasteiger partial charge is 0.242 e. The third-order valence-corrected chi connectivity index (χ3v) is 8.23. The van der Waals surface area contributed by atoms with Crippen LogP contribution in [0, 0.1) is 17.1 Å². The molecule has 2 heterocycles. The van der Waals surface area contributed by atoms with Crippen LogP contribution in [0.1, 0.15) is 12.0 Å². The molecule has 0 radical (unpaired) electrons. The number of fused-ring (bicyclic) bond motifs is 2. The van der Waals surface area contributed by atoms with E-state index in [1.54, 1.807) is 19.2 Å². The highest BCUT2D eigenvalue weighted by atomic mass is 32.2. The van der Waals surface area contributed by atoms with E-state index >= 15 is 0 Å². The predicted molar refractivity (Wildman–Crippen MR) is 129 cm³/mol. The monoisotopic (exact) mass is 502 g/mol. The van der Waals surface area contributed by atoms with Crippen molar-refractivity contribution in [3.8, 4) is 11.8 Å². The lowest BCUT2D eigenvalue weighted by atomic mass is 10.1. The van der Waals surface area contributed by atoms with Crippen molar-refractivity contribution in [1.29, 1.82) is 5.26 Å². The molecule has 10 heteroatoms. The molecule has 0 amide bonds. The molecule has 2 unspecified atom stereocenters. The Labute approximate surface area is 206 Å². The zero-order chi connectivity index (χ0) is 24.8. The van der Waals surface area contributed by atoms with Crippen LogP contribution in [0.3, 0.4) is 0 Å². The summed E-state index contributed by atoms with van der Waals surface area (Å²) < 4.78 is 51.8. The summed E-state index contributed by atoms with van der Waals surface area (Å²) in [6.07, 6.45) is 1.07. The molecule has 2 aliphatic rings. The normalized spacial score (nSPS) is 21.1. The molecule has 2 saturated heterocycles. The largest absolute Gasteiger partial charge is 0.494 e. The number of hydrogen-bond acceptors (Lipinski definition) is 7. The molecule has 0 saturated carbocycles. The molecular formula is C25H31FN4O4S. The minimum Gasteiger partial charge on any atom is -0.494 e. The van der Waals surface area contributed by atoms with Crippen molar-refractivity contribution in [2.45, 2.75) is 23.5 Å². The molecule has 188 valence electrons. The van der Waals surface area contributed by atoms with Crippen molar-refractivity contribution in [2.75, 3.05) is 59.5 Å². The van der Waals surface area contributed by atoms with Crippen molar-refractivity contribution in [1.82, 2.24) is 14.1 Å². The average Bonchev–Trinajstić information content (AvgIpc) is 2.85. The van der Waals surface area contributed by atoms with Crippen LogP contribution >= 0.6 is 0 Å². The van der Waals surface area contributed by atoms with Gasteiger partial charge in [0.15, 0.2) is 0 Å². The van der Waals surface area contributed by atoms with E-state index in [-0.39, 0.29) is 22.9 Å². The Kier molecular flexibility index (Phi) is 8.36. The summed E-state index contributed by atoms with van der Waals surface area (Å²) in [5, 5.41) is 8.91. The highest BCUT2D eigenvalue weighted by Gasteiger charge is 2.35. The zero-order valence-electron chi connectivity index (χ0n) is 19.8. The minimum atomic E-state index is -3.60. The van der Waals surface area contributed by atoms with E-state index < -0.39 is 10.0 Å². The summed E-state index contributed by atoms with van der Waals surface area (Å²) in [6, 6.07) is 14.0. The van der Waals surface area contributed by atoms with E-state index in [4.69, 9.17) is 14.7 Å². The van der Waals surface area contributed by atoms with Crippen molar-refractivity contribution in [2.24, 2.45) is 0 Å². The van der Waals surface area contributed by atoms with Gasteiger partial charge in [0, 0.05) is 52.9 Å². The van der Waals surface area contributed by atoms with Crippen LogP contribution in [0.25, 0.3) is 0 Å². The number of morpholine rings is 2. The molecule has 2 aromatic carbocycles. The first kappa shape index (κ1) is 25.5. The van der Waals surface area contributed by atoms with Crippen LogP contribution in [0.4, 0.5) is 4.39 Å². The van der Waals surface area contributed by atoms with Crippen molar-refractivity contribution in [3.05, 3.63) is 59.9 Å². The molecule has 4 rings (SSSR count). The highest BCUT2D eigenvalue weighted by Crippen LogP contribution is 2.20. The maximum atomic E-state index is 13.0. The van der Waals surface area contributed by atoms with Gasteiger partial charge in [-0.1, -0.05) is 0 Å². The van der Waals surface area contributed by atoms with Gasteiger partial charge in [-0.3, -0.25) is 9.80 Å². The lowest BCUT2D eigenvalue weighted by molar-refractivity contribution is -0.138. The summed E-state index contributed by atoms with van der Waals surface area (Å²) in [5.41, 5.74) is 0.431. The second-order valence-corrected chi connectivity index (χ2v) is 11.1. The van der Waals surface area contributed by atoms with Crippen LogP contribution in [0.2, 0.25) is 0 Å². The van der Waals surface area contributed by atoms with Gasteiger partial charge in [-0.15, -0.1) is 0 Å². The van der Waals surface area contributed by atoms with E-state index in [9.17, 15) is 12.8 Å². The number of sulfonamides is 1. The first-order valence-electron chi connectivity index (χ1n) is 11.8. The molecule has 0 aromatic heterocycles. The van der Waals surface area contributed by atoms with Gasteiger partial charge in [0.2, 0.25) is 10.0 Å². The lowest BCUT2D eigenvalue weighted by Gasteiger charge is -2.46. The Hall–Kier alpha value is -2.55. The van der Waals surface area contributed by atoms with Crippen molar-refractivity contribution in [3.63, 3.8) is 0 Å². The molecule has 35 heavy (non-hydrogen) atoms. The fourth-order valence-electron chi connectivity index (χ4n) is 4.52. The third kappa shape index (κ3) is 6.78. The van der Waals surface area contributed by atoms with Crippen molar-refractivity contribution < 1.29 is 22.3 Å². The number of benzene rings is 2. The topological polar surface area (TPSA) is 86.1 Å². The van der Waals surface area contributed by atoms with Crippen LogP contribution in [-0.4, -0.2) is 94.2 Å². The Morgan fingerprint density at radius 3 is 2.23 bits per heavy atom. The summed E-state index contributed by atoms with van der Waals surface area (Å²) in [6.45, 7) is 5.70. The fraction of sp³-hybridized carbons (Fsp3) is 0.480. The first-order chi connectivity index (χ1) is 16.8. The minimum absolute atomic E-state index is 0.0981. The maximum Gasteiger partial charge on any atom is 0.242 e. The molecule has 2 aliphatic heterocycles. The quantitative estimate of drug-likeness (QED) is 0.460. The zero-order valence-corrected chi connectivity index (χ0v) is 20.7. The average molecular weight is 503 g/mol. The Morgan fingerprint density at radius 1 is 1.03 bits per heavy atom. The Balaban J connectivity index is 1.19. The van der Waals surface area contributed by atoms with Crippen LogP contribution < -0.4 is 4.74 Å². The number of halogens is 1. The van der Waals surface area contributed by atoms with Crippen LogP contribution in [0.15, 0.2) is 53.4 Å². The predicted octanol–water partition coefficient (Wildman–Crippen LogP) is 2.17. The molecule has 8 nitrogen and oxygen atoms in total. The standard InChI is InChI=1S/C25H31FN4O4S/c1-28(35(31,32)25-9-3-20(15-27)4-10-25)12-13-30-18-23-16-29(17-24(19-30)34-23)11-2-14-33-22-7-5-21(26)6-8-22/h3-10,23-24H,2,11-14,16-19H2,1H3. The fourth-order valence-corrected chi connectivity index (χ4v) is 5.68. The van der Waals surface area contributed by atoms with Gasteiger partial charge >= 0.3 is 0 Å². The van der Waals surface area contributed by atoms with Gasteiger partial charge in [-0.25, -0.2) is 12.8 Å². The van der Waals surface area contributed by atoms with E-state index in [1.807, 2.05) is 6.07 Å². The molecule has 0 N–H and O–H groups in total. The van der Waals surface area contributed by atoms with E-state index in [0.29, 0.717) is 31.0 Å². The van der Waals surface area contributed by atoms with Crippen LogP contribution in [0.5, 0.6) is 5.75 Å². The van der Waals surface area contributed by atoms with Gasteiger partial charge < -0.3 is 9.47 Å².